The lowest BCUT2D eigenvalue weighted by Gasteiger charge is -2.16. The van der Waals surface area contributed by atoms with E-state index in [1.165, 1.54) is 0 Å². The van der Waals surface area contributed by atoms with Crippen LogP contribution in [0.15, 0.2) is 27.5 Å². The van der Waals surface area contributed by atoms with Crippen LogP contribution in [0.25, 0.3) is 10.9 Å². The van der Waals surface area contributed by atoms with Gasteiger partial charge in [0.05, 0.1) is 16.8 Å². The van der Waals surface area contributed by atoms with Crippen LogP contribution in [0, 0.1) is 0 Å². The van der Waals surface area contributed by atoms with Gasteiger partial charge in [0.1, 0.15) is 5.82 Å². The minimum Gasteiger partial charge on any atom is -0.312 e. The first kappa shape index (κ1) is 14.0. The summed E-state index contributed by atoms with van der Waals surface area (Å²) in [5, 5.41) is 4.04. The monoisotopic (exact) mass is 355 g/mol. The zero-order valence-electron chi connectivity index (χ0n) is 10.9. The van der Waals surface area contributed by atoms with Gasteiger partial charge in [-0.05, 0) is 37.6 Å². The summed E-state index contributed by atoms with van der Waals surface area (Å²) >= 11 is 9.38. The van der Waals surface area contributed by atoms with Crippen LogP contribution >= 0.6 is 27.5 Å². The highest BCUT2D eigenvalue weighted by Gasteiger charge is 2.18. The molecule has 2 aromatic rings. The lowest BCUT2D eigenvalue weighted by molar-refractivity contribution is 0.487. The van der Waals surface area contributed by atoms with E-state index in [1.54, 1.807) is 4.57 Å². The SMILES string of the molecule is O=c1c2ccc(Br)cc2nc(CCl)n1C[C@@H]1CCCN1. The van der Waals surface area contributed by atoms with Crippen molar-refractivity contribution >= 4 is 38.4 Å². The summed E-state index contributed by atoms with van der Waals surface area (Å²) in [6.45, 7) is 1.66. The number of hydrogen-bond donors (Lipinski definition) is 1. The molecule has 0 radical (unpaired) electrons. The first-order chi connectivity index (χ1) is 9.69. The van der Waals surface area contributed by atoms with Gasteiger partial charge in [-0.2, -0.15) is 0 Å². The van der Waals surface area contributed by atoms with Crippen LogP contribution < -0.4 is 10.9 Å². The molecule has 0 amide bonds. The molecular weight excluding hydrogens is 342 g/mol. The van der Waals surface area contributed by atoms with Crippen LogP contribution in [0.3, 0.4) is 0 Å². The molecule has 3 rings (SSSR count). The van der Waals surface area contributed by atoms with Crippen molar-refractivity contribution in [3.05, 3.63) is 38.9 Å². The van der Waals surface area contributed by atoms with Crippen LogP contribution in [0.5, 0.6) is 0 Å². The van der Waals surface area contributed by atoms with Crippen molar-refractivity contribution in [2.24, 2.45) is 0 Å². The van der Waals surface area contributed by atoms with Crippen molar-refractivity contribution in [1.29, 1.82) is 0 Å². The quantitative estimate of drug-likeness (QED) is 0.860. The summed E-state index contributed by atoms with van der Waals surface area (Å²) in [6, 6.07) is 5.87. The Hall–Kier alpha value is -0.910. The summed E-state index contributed by atoms with van der Waals surface area (Å²) in [5.74, 6) is 0.876. The normalized spacial score (nSPS) is 18.8. The van der Waals surface area contributed by atoms with E-state index in [2.05, 4.69) is 26.2 Å². The van der Waals surface area contributed by atoms with Crippen LogP contribution in [-0.4, -0.2) is 22.1 Å². The molecule has 1 aliphatic heterocycles. The maximum absolute atomic E-state index is 12.6. The molecule has 0 spiro atoms. The maximum atomic E-state index is 12.6. The van der Waals surface area contributed by atoms with Crippen molar-refractivity contribution in [3.8, 4) is 0 Å². The number of alkyl halides is 1. The number of fused-ring (bicyclic) bond motifs is 1. The highest BCUT2D eigenvalue weighted by atomic mass is 79.9. The molecule has 0 saturated carbocycles. The number of nitrogens with one attached hydrogen (secondary N) is 1. The van der Waals surface area contributed by atoms with Gasteiger partial charge in [0.25, 0.3) is 5.56 Å². The maximum Gasteiger partial charge on any atom is 0.261 e. The van der Waals surface area contributed by atoms with Crippen molar-refractivity contribution < 1.29 is 0 Å². The van der Waals surface area contributed by atoms with Gasteiger partial charge in [-0.15, -0.1) is 11.6 Å². The van der Waals surface area contributed by atoms with Gasteiger partial charge >= 0.3 is 0 Å². The molecule has 1 atom stereocenters. The third-order valence-corrected chi connectivity index (χ3v) is 4.41. The molecule has 106 valence electrons. The Morgan fingerprint density at radius 1 is 1.50 bits per heavy atom. The zero-order chi connectivity index (χ0) is 14.1. The molecule has 0 unspecified atom stereocenters. The molecule has 20 heavy (non-hydrogen) atoms. The highest BCUT2D eigenvalue weighted by molar-refractivity contribution is 9.10. The second-order valence-electron chi connectivity index (χ2n) is 5.03. The smallest absolute Gasteiger partial charge is 0.261 e. The van der Waals surface area contributed by atoms with Gasteiger partial charge in [-0.1, -0.05) is 15.9 Å². The van der Waals surface area contributed by atoms with Gasteiger partial charge in [0.2, 0.25) is 0 Å². The summed E-state index contributed by atoms with van der Waals surface area (Å²) in [7, 11) is 0. The van der Waals surface area contributed by atoms with Gasteiger partial charge < -0.3 is 5.32 Å². The lowest BCUT2D eigenvalue weighted by atomic mass is 10.2. The summed E-state index contributed by atoms with van der Waals surface area (Å²) < 4.78 is 2.62. The Morgan fingerprint density at radius 2 is 2.35 bits per heavy atom. The summed E-state index contributed by atoms with van der Waals surface area (Å²) in [6.07, 6.45) is 2.25. The van der Waals surface area contributed by atoms with Gasteiger partial charge in [-0.3, -0.25) is 9.36 Å². The van der Waals surface area contributed by atoms with E-state index in [4.69, 9.17) is 11.6 Å². The van der Waals surface area contributed by atoms with E-state index in [9.17, 15) is 4.79 Å². The molecule has 1 saturated heterocycles. The van der Waals surface area contributed by atoms with Crippen molar-refractivity contribution in [3.63, 3.8) is 0 Å². The van der Waals surface area contributed by atoms with E-state index < -0.39 is 0 Å². The second kappa shape index (κ2) is 5.84. The van der Waals surface area contributed by atoms with Crippen molar-refractivity contribution in [1.82, 2.24) is 14.9 Å². The Morgan fingerprint density at radius 3 is 3.05 bits per heavy atom. The standard InChI is InChI=1S/C14H15BrClN3O/c15-9-3-4-11-12(6-9)18-13(7-16)19(14(11)20)8-10-2-1-5-17-10/h3-4,6,10,17H,1-2,5,7-8H2/t10-/m0/s1. The Labute approximate surface area is 130 Å². The first-order valence-corrected chi connectivity index (χ1v) is 8.00. The van der Waals surface area contributed by atoms with E-state index in [1.807, 2.05) is 18.2 Å². The minimum absolute atomic E-state index is 0.00755. The average Bonchev–Trinajstić information content (AvgIpc) is 2.94. The number of hydrogen-bond acceptors (Lipinski definition) is 3. The van der Waals surface area contributed by atoms with Crippen molar-refractivity contribution in [2.45, 2.75) is 31.3 Å². The van der Waals surface area contributed by atoms with Gasteiger partial charge in [0.15, 0.2) is 0 Å². The van der Waals surface area contributed by atoms with Gasteiger partial charge in [0, 0.05) is 17.1 Å². The molecule has 6 heteroatoms. The number of halogens is 2. The fraction of sp³-hybridized carbons (Fsp3) is 0.429. The predicted molar refractivity (Wildman–Crippen MR) is 84.3 cm³/mol. The topological polar surface area (TPSA) is 46.9 Å². The van der Waals surface area contributed by atoms with Crippen LogP contribution in [0.2, 0.25) is 0 Å². The van der Waals surface area contributed by atoms with Crippen LogP contribution in [0.1, 0.15) is 18.7 Å². The molecule has 1 fully saturated rings. The Balaban J connectivity index is 2.11. The third-order valence-electron chi connectivity index (χ3n) is 3.68. The average molecular weight is 357 g/mol. The van der Waals surface area contributed by atoms with E-state index >= 15 is 0 Å². The molecule has 4 nitrogen and oxygen atoms in total. The van der Waals surface area contributed by atoms with E-state index in [0.29, 0.717) is 29.3 Å². The number of aromatic nitrogens is 2. The molecule has 1 aromatic carbocycles. The fourth-order valence-corrected chi connectivity index (χ4v) is 3.22. The number of benzene rings is 1. The molecule has 1 aliphatic rings. The van der Waals surface area contributed by atoms with Crippen LogP contribution in [0.4, 0.5) is 0 Å². The summed E-state index contributed by atoms with van der Waals surface area (Å²) in [4.78, 5) is 17.2. The fourth-order valence-electron chi connectivity index (χ4n) is 2.66. The predicted octanol–water partition coefficient (Wildman–Crippen LogP) is 2.65. The highest BCUT2D eigenvalue weighted by Crippen LogP contribution is 2.17. The van der Waals surface area contributed by atoms with Gasteiger partial charge in [-0.25, -0.2) is 4.98 Å². The Bertz CT molecular complexity index is 695. The van der Waals surface area contributed by atoms with E-state index in [-0.39, 0.29) is 11.4 Å². The molecule has 2 heterocycles. The molecule has 1 N–H and O–H groups in total. The molecule has 0 bridgehead atoms. The molecule has 0 aliphatic carbocycles. The summed E-state index contributed by atoms with van der Waals surface area (Å²) in [5.41, 5.74) is 0.683. The third kappa shape index (κ3) is 2.62. The molecular formula is C14H15BrClN3O. The first-order valence-electron chi connectivity index (χ1n) is 6.67. The second-order valence-corrected chi connectivity index (χ2v) is 6.22. The van der Waals surface area contributed by atoms with Crippen LogP contribution in [-0.2, 0) is 12.4 Å². The number of nitrogens with zero attached hydrogens (tertiary/aromatic N) is 2. The van der Waals surface area contributed by atoms with E-state index in [0.717, 1.165) is 23.9 Å². The van der Waals surface area contributed by atoms with Crippen molar-refractivity contribution in [2.75, 3.05) is 6.54 Å². The Kier molecular flexibility index (Phi) is 4.10. The number of rotatable bonds is 3. The molecule has 1 aromatic heterocycles. The minimum atomic E-state index is -0.00755. The zero-order valence-corrected chi connectivity index (χ0v) is 13.2. The largest absolute Gasteiger partial charge is 0.312 e. The lowest BCUT2D eigenvalue weighted by Crippen LogP contribution is -2.34.